The summed E-state index contributed by atoms with van der Waals surface area (Å²) in [5.41, 5.74) is 0.267. The highest BCUT2D eigenvalue weighted by Gasteiger charge is 2.42. The number of aryl methyl sites for hydroxylation is 1. The lowest BCUT2D eigenvalue weighted by Gasteiger charge is -2.36. The van der Waals surface area contributed by atoms with Crippen LogP contribution in [0.4, 0.5) is 5.95 Å². The quantitative estimate of drug-likeness (QED) is 0.849. The molecule has 128 valence electrons. The highest BCUT2D eigenvalue weighted by Crippen LogP contribution is 2.43. The Labute approximate surface area is 138 Å². The molecule has 4 rings (SSSR count). The predicted molar refractivity (Wildman–Crippen MR) is 89.7 cm³/mol. The number of rotatable bonds is 3. The highest BCUT2D eigenvalue weighted by atomic mass is 16.5. The second-order valence-corrected chi connectivity index (χ2v) is 7.56. The van der Waals surface area contributed by atoms with Crippen LogP contribution in [0, 0.1) is 6.92 Å². The molecule has 1 atom stereocenters. The Balaban J connectivity index is 1.28. The van der Waals surface area contributed by atoms with E-state index in [1.807, 2.05) is 14.0 Å². The van der Waals surface area contributed by atoms with Crippen LogP contribution >= 0.6 is 0 Å². The van der Waals surface area contributed by atoms with Crippen LogP contribution in [0.25, 0.3) is 0 Å². The second kappa shape index (κ2) is 6.06. The van der Waals surface area contributed by atoms with E-state index in [1.165, 1.54) is 38.5 Å². The van der Waals surface area contributed by atoms with E-state index < -0.39 is 0 Å². The van der Waals surface area contributed by atoms with Crippen LogP contribution in [0.15, 0.2) is 0 Å². The molecule has 0 N–H and O–H groups in total. The summed E-state index contributed by atoms with van der Waals surface area (Å²) in [6.45, 7) is 7.36. The van der Waals surface area contributed by atoms with Gasteiger partial charge in [-0.15, -0.1) is 10.2 Å². The molecule has 1 aliphatic carbocycles. The van der Waals surface area contributed by atoms with Crippen molar-refractivity contribution in [2.24, 2.45) is 7.05 Å². The van der Waals surface area contributed by atoms with Gasteiger partial charge in [-0.2, -0.15) is 0 Å². The maximum atomic E-state index is 6.46. The molecule has 2 saturated heterocycles. The average molecular weight is 319 g/mol. The van der Waals surface area contributed by atoms with E-state index in [0.717, 1.165) is 44.5 Å². The minimum absolute atomic E-state index is 0.267. The first kappa shape index (κ1) is 15.4. The summed E-state index contributed by atoms with van der Waals surface area (Å²) >= 11 is 0. The van der Waals surface area contributed by atoms with Crippen LogP contribution in [0.3, 0.4) is 0 Å². The average Bonchev–Trinajstić information content (AvgIpc) is 3.26. The smallest absolute Gasteiger partial charge is 0.227 e. The Kier molecular flexibility index (Phi) is 4.05. The van der Waals surface area contributed by atoms with Crippen molar-refractivity contribution in [2.45, 2.75) is 57.2 Å². The predicted octanol–water partition coefficient (Wildman–Crippen LogP) is 1.74. The van der Waals surface area contributed by atoms with Gasteiger partial charge in [0.15, 0.2) is 0 Å². The lowest BCUT2D eigenvalue weighted by atomic mass is 9.98. The maximum Gasteiger partial charge on any atom is 0.227 e. The molecule has 1 unspecified atom stereocenters. The van der Waals surface area contributed by atoms with Crippen molar-refractivity contribution < 1.29 is 4.74 Å². The highest BCUT2D eigenvalue weighted by molar-refractivity contribution is 5.31. The van der Waals surface area contributed by atoms with Gasteiger partial charge in [0.1, 0.15) is 5.82 Å². The normalized spacial score (nSPS) is 28.1. The minimum atomic E-state index is 0.267. The third kappa shape index (κ3) is 2.98. The zero-order chi connectivity index (χ0) is 15.9. The van der Waals surface area contributed by atoms with Crippen molar-refractivity contribution in [1.29, 1.82) is 0 Å². The molecule has 3 heterocycles. The molecule has 0 radical (unpaired) electrons. The Bertz CT molecular complexity index is 543. The first-order chi connectivity index (χ1) is 11.2. The summed E-state index contributed by atoms with van der Waals surface area (Å²) in [5.74, 6) is 1.98. The third-order valence-electron chi connectivity index (χ3n) is 6.04. The second-order valence-electron chi connectivity index (χ2n) is 7.56. The summed E-state index contributed by atoms with van der Waals surface area (Å²) in [6.07, 6.45) is 8.31. The molecule has 1 saturated carbocycles. The fourth-order valence-electron chi connectivity index (χ4n) is 4.50. The van der Waals surface area contributed by atoms with E-state index in [-0.39, 0.29) is 5.60 Å². The molecule has 3 fully saturated rings. The van der Waals surface area contributed by atoms with E-state index in [1.54, 1.807) is 0 Å². The molecule has 0 aromatic carbocycles. The van der Waals surface area contributed by atoms with Gasteiger partial charge in [-0.1, -0.05) is 12.8 Å². The van der Waals surface area contributed by atoms with Crippen molar-refractivity contribution in [2.75, 3.05) is 37.6 Å². The van der Waals surface area contributed by atoms with Gasteiger partial charge in [0.05, 0.1) is 11.7 Å². The topological polar surface area (TPSA) is 46.4 Å². The van der Waals surface area contributed by atoms with Crippen molar-refractivity contribution in [3.05, 3.63) is 5.82 Å². The fourth-order valence-corrected chi connectivity index (χ4v) is 4.50. The molecule has 3 aliphatic rings. The van der Waals surface area contributed by atoms with Crippen molar-refractivity contribution in [3.63, 3.8) is 0 Å². The Morgan fingerprint density at radius 2 is 1.83 bits per heavy atom. The Hall–Kier alpha value is -1.14. The zero-order valence-corrected chi connectivity index (χ0v) is 14.5. The molecule has 1 aromatic rings. The SMILES string of the molecule is Cc1nnc(N2CCN(CC3CCC4(CCCC4)O3)CC2)n1C. The molecule has 23 heavy (non-hydrogen) atoms. The third-order valence-corrected chi connectivity index (χ3v) is 6.04. The number of piperazine rings is 1. The molecular weight excluding hydrogens is 290 g/mol. The summed E-state index contributed by atoms with van der Waals surface area (Å²) in [4.78, 5) is 4.92. The van der Waals surface area contributed by atoms with Crippen molar-refractivity contribution >= 4 is 5.95 Å². The number of nitrogens with zero attached hydrogens (tertiary/aromatic N) is 5. The summed E-state index contributed by atoms with van der Waals surface area (Å²) < 4.78 is 8.55. The first-order valence-electron chi connectivity index (χ1n) is 9.16. The van der Waals surface area contributed by atoms with Crippen LogP contribution in [0.2, 0.25) is 0 Å². The fraction of sp³-hybridized carbons (Fsp3) is 0.882. The minimum Gasteiger partial charge on any atom is -0.370 e. The Morgan fingerprint density at radius 3 is 2.48 bits per heavy atom. The summed E-state index contributed by atoms with van der Waals surface area (Å²) in [6, 6.07) is 0. The largest absolute Gasteiger partial charge is 0.370 e. The van der Waals surface area contributed by atoms with Crippen LogP contribution in [0.1, 0.15) is 44.3 Å². The lowest BCUT2D eigenvalue weighted by Crippen LogP contribution is -2.49. The van der Waals surface area contributed by atoms with Gasteiger partial charge in [0, 0.05) is 39.8 Å². The summed E-state index contributed by atoms with van der Waals surface area (Å²) in [5, 5.41) is 8.48. The van der Waals surface area contributed by atoms with Gasteiger partial charge in [-0.05, 0) is 32.6 Å². The van der Waals surface area contributed by atoms with Gasteiger partial charge in [-0.3, -0.25) is 4.90 Å². The lowest BCUT2D eigenvalue weighted by molar-refractivity contribution is -0.0476. The van der Waals surface area contributed by atoms with Crippen LogP contribution in [-0.4, -0.2) is 64.1 Å². The molecule has 1 aromatic heterocycles. The molecule has 6 heteroatoms. The van der Waals surface area contributed by atoms with Crippen LogP contribution in [0.5, 0.6) is 0 Å². The van der Waals surface area contributed by atoms with Gasteiger partial charge in [-0.25, -0.2) is 0 Å². The van der Waals surface area contributed by atoms with Gasteiger partial charge >= 0.3 is 0 Å². The van der Waals surface area contributed by atoms with Crippen LogP contribution in [-0.2, 0) is 11.8 Å². The number of hydrogen-bond donors (Lipinski definition) is 0. The number of aromatic nitrogens is 3. The molecular formula is C17H29N5O. The maximum absolute atomic E-state index is 6.46. The number of ether oxygens (including phenoxy) is 1. The molecule has 1 spiro atoms. The van der Waals surface area contributed by atoms with Crippen molar-refractivity contribution in [1.82, 2.24) is 19.7 Å². The van der Waals surface area contributed by atoms with E-state index in [9.17, 15) is 0 Å². The van der Waals surface area contributed by atoms with E-state index in [4.69, 9.17) is 4.74 Å². The molecule has 6 nitrogen and oxygen atoms in total. The van der Waals surface area contributed by atoms with Crippen LogP contribution < -0.4 is 4.90 Å². The van der Waals surface area contributed by atoms with Gasteiger partial charge in [0.25, 0.3) is 0 Å². The van der Waals surface area contributed by atoms with E-state index in [2.05, 4.69) is 24.6 Å². The standard InChI is InChI=1S/C17H29N5O/c1-14-18-19-16(20(14)2)22-11-9-21(10-12-22)13-15-5-8-17(23-15)6-3-4-7-17/h15H,3-13H2,1-2H3. The Morgan fingerprint density at radius 1 is 1.09 bits per heavy atom. The zero-order valence-electron chi connectivity index (χ0n) is 14.5. The number of anilines is 1. The van der Waals surface area contributed by atoms with E-state index in [0.29, 0.717) is 6.10 Å². The summed E-state index contributed by atoms with van der Waals surface area (Å²) in [7, 11) is 2.05. The van der Waals surface area contributed by atoms with E-state index >= 15 is 0 Å². The number of hydrogen-bond acceptors (Lipinski definition) is 5. The van der Waals surface area contributed by atoms with Crippen molar-refractivity contribution in [3.8, 4) is 0 Å². The molecule has 0 amide bonds. The molecule has 2 aliphatic heterocycles. The van der Waals surface area contributed by atoms with Gasteiger partial charge in [0.2, 0.25) is 5.95 Å². The first-order valence-corrected chi connectivity index (χ1v) is 9.16. The monoisotopic (exact) mass is 319 g/mol. The molecule has 0 bridgehead atoms. The van der Waals surface area contributed by atoms with Gasteiger partial charge < -0.3 is 14.2 Å².